The maximum absolute atomic E-state index is 11.3. The smallest absolute Gasteiger partial charge is 0.341 e. The van der Waals surface area contributed by atoms with Gasteiger partial charge in [0.1, 0.15) is 5.75 Å². The van der Waals surface area contributed by atoms with Crippen LogP contribution in [0.2, 0.25) is 0 Å². The molecule has 2 N–H and O–H groups in total. The van der Waals surface area contributed by atoms with Gasteiger partial charge in [-0.15, -0.1) is 0 Å². The number of hydrogen-bond acceptors (Lipinski definition) is 5. The van der Waals surface area contributed by atoms with Crippen LogP contribution in [-0.4, -0.2) is 28.8 Å². The van der Waals surface area contributed by atoms with Crippen LogP contribution in [0.4, 0.5) is 0 Å². The Bertz CT molecular complexity index is 633. The number of carboxylic acid groups (broad SMARTS) is 1. The van der Waals surface area contributed by atoms with E-state index in [0.29, 0.717) is 5.75 Å². The molecule has 1 heterocycles. The van der Waals surface area contributed by atoms with Crippen LogP contribution in [0, 0.1) is 0 Å². The fourth-order valence-corrected chi connectivity index (χ4v) is 1.69. The number of ether oxygens (including phenoxy) is 2. The molecular formula is C14H11NO5S. The number of carbonyl (C=O) groups is 2. The summed E-state index contributed by atoms with van der Waals surface area (Å²) in [5.41, 5.74) is 0.857. The number of nitrogens with one attached hydrogen (secondary N) is 1. The number of allylic oxidation sites excluding steroid dienone is 2. The number of benzene rings is 1. The maximum atomic E-state index is 11.3. The quantitative estimate of drug-likeness (QED) is 0.633. The molecule has 0 bridgehead atoms. The van der Waals surface area contributed by atoms with Crippen molar-refractivity contribution in [2.45, 2.75) is 0 Å². The van der Waals surface area contributed by atoms with Crippen molar-refractivity contribution >= 4 is 35.3 Å². The lowest BCUT2D eigenvalue weighted by molar-refractivity contribution is -0.139. The SMILES string of the molecule is O=C(O)COc1ccc(C=CC=C2OC(=S)NC2=O)cc1. The maximum Gasteiger partial charge on any atom is 0.341 e. The van der Waals surface area contributed by atoms with E-state index in [4.69, 9.17) is 26.8 Å². The van der Waals surface area contributed by atoms with E-state index in [-0.39, 0.29) is 23.4 Å². The summed E-state index contributed by atoms with van der Waals surface area (Å²) in [6.45, 7) is -0.381. The number of amides is 1. The zero-order valence-corrected chi connectivity index (χ0v) is 11.6. The van der Waals surface area contributed by atoms with Crippen LogP contribution in [-0.2, 0) is 14.3 Å². The first-order chi connectivity index (χ1) is 10.0. The molecule has 1 fully saturated rings. The fraction of sp³-hybridized carbons (Fsp3) is 0.0714. The molecule has 0 aliphatic carbocycles. The van der Waals surface area contributed by atoms with Crippen molar-refractivity contribution in [1.82, 2.24) is 5.32 Å². The number of hydrogen-bond donors (Lipinski definition) is 2. The van der Waals surface area contributed by atoms with Crippen LogP contribution in [0.15, 0.2) is 42.2 Å². The molecule has 21 heavy (non-hydrogen) atoms. The van der Waals surface area contributed by atoms with E-state index in [1.165, 1.54) is 6.08 Å². The van der Waals surface area contributed by atoms with E-state index >= 15 is 0 Å². The first-order valence-corrected chi connectivity index (χ1v) is 6.31. The Balaban J connectivity index is 1.95. The first kappa shape index (κ1) is 14.7. The van der Waals surface area contributed by atoms with Crippen molar-refractivity contribution in [1.29, 1.82) is 0 Å². The van der Waals surface area contributed by atoms with E-state index in [9.17, 15) is 9.59 Å². The van der Waals surface area contributed by atoms with Gasteiger partial charge in [0.15, 0.2) is 12.4 Å². The summed E-state index contributed by atoms with van der Waals surface area (Å²) in [7, 11) is 0. The number of carbonyl (C=O) groups excluding carboxylic acids is 1. The highest BCUT2D eigenvalue weighted by molar-refractivity contribution is 7.80. The van der Waals surface area contributed by atoms with Gasteiger partial charge in [0, 0.05) is 0 Å². The summed E-state index contributed by atoms with van der Waals surface area (Å²) in [5, 5.41) is 10.9. The van der Waals surface area contributed by atoms with Gasteiger partial charge in [-0.2, -0.15) is 0 Å². The second kappa shape index (κ2) is 6.67. The Hall–Kier alpha value is -2.67. The van der Waals surface area contributed by atoms with Crippen molar-refractivity contribution in [3.8, 4) is 5.75 Å². The van der Waals surface area contributed by atoms with Crippen molar-refractivity contribution in [3.05, 3.63) is 47.7 Å². The number of rotatable bonds is 5. The van der Waals surface area contributed by atoms with Crippen LogP contribution in [0.5, 0.6) is 5.75 Å². The van der Waals surface area contributed by atoms with E-state index in [1.54, 1.807) is 36.4 Å². The molecule has 1 saturated heterocycles. The summed E-state index contributed by atoms with van der Waals surface area (Å²) < 4.78 is 10.0. The molecule has 1 aromatic rings. The van der Waals surface area contributed by atoms with Crippen LogP contribution in [0.1, 0.15) is 5.56 Å². The molecule has 0 saturated carbocycles. The molecule has 1 aromatic carbocycles. The fourth-order valence-electron chi connectivity index (χ4n) is 1.50. The second-order valence-electron chi connectivity index (χ2n) is 3.99. The summed E-state index contributed by atoms with van der Waals surface area (Å²) >= 11 is 4.70. The van der Waals surface area contributed by atoms with Gasteiger partial charge in [0.25, 0.3) is 11.1 Å². The molecule has 1 aliphatic rings. The van der Waals surface area contributed by atoms with Gasteiger partial charge >= 0.3 is 5.97 Å². The molecule has 1 aliphatic heterocycles. The van der Waals surface area contributed by atoms with Gasteiger partial charge in [-0.3, -0.25) is 10.1 Å². The topological polar surface area (TPSA) is 84.9 Å². The van der Waals surface area contributed by atoms with Gasteiger partial charge < -0.3 is 14.6 Å². The average molecular weight is 305 g/mol. The molecule has 0 radical (unpaired) electrons. The third-order valence-corrected chi connectivity index (χ3v) is 2.61. The average Bonchev–Trinajstić information content (AvgIpc) is 2.76. The highest BCUT2D eigenvalue weighted by Crippen LogP contribution is 2.14. The minimum Gasteiger partial charge on any atom is -0.482 e. The Morgan fingerprint density at radius 1 is 1.38 bits per heavy atom. The number of thiocarbonyl (C=S) groups is 1. The lowest BCUT2D eigenvalue weighted by Gasteiger charge is -2.02. The molecule has 1 amide bonds. The Morgan fingerprint density at radius 3 is 2.67 bits per heavy atom. The molecule has 0 atom stereocenters. The molecular weight excluding hydrogens is 294 g/mol. The first-order valence-electron chi connectivity index (χ1n) is 5.91. The standard InChI is InChI=1S/C14H11NO5S/c16-12(17)8-19-10-6-4-9(5-7-10)2-1-3-11-13(18)15-14(21)20-11/h1-7H,8H2,(H,16,17)(H,15,18,21). The van der Waals surface area contributed by atoms with Crippen molar-refractivity contribution in [3.63, 3.8) is 0 Å². The molecule has 0 unspecified atom stereocenters. The normalized spacial score (nSPS) is 16.1. The minimum atomic E-state index is -1.03. The monoisotopic (exact) mass is 305 g/mol. The Morgan fingerprint density at radius 2 is 2.10 bits per heavy atom. The number of aliphatic carboxylic acids is 1. The predicted octanol–water partition coefficient (Wildman–Crippen LogP) is 1.48. The summed E-state index contributed by atoms with van der Waals surface area (Å²) in [5.74, 6) is -0.796. The Labute approximate surface area is 125 Å². The van der Waals surface area contributed by atoms with Crippen LogP contribution in [0.3, 0.4) is 0 Å². The van der Waals surface area contributed by atoms with Crippen molar-refractivity contribution < 1.29 is 24.2 Å². The molecule has 7 heteroatoms. The van der Waals surface area contributed by atoms with Crippen molar-refractivity contribution in [2.24, 2.45) is 0 Å². The third-order valence-electron chi connectivity index (χ3n) is 2.42. The predicted molar refractivity (Wildman–Crippen MR) is 78.5 cm³/mol. The van der Waals surface area contributed by atoms with Gasteiger partial charge in [0.05, 0.1) is 0 Å². The molecule has 0 aromatic heterocycles. The van der Waals surface area contributed by atoms with E-state index in [1.807, 2.05) is 0 Å². The van der Waals surface area contributed by atoms with Crippen molar-refractivity contribution in [2.75, 3.05) is 6.61 Å². The summed E-state index contributed by atoms with van der Waals surface area (Å²) in [6, 6.07) is 6.83. The molecule has 108 valence electrons. The summed E-state index contributed by atoms with van der Waals surface area (Å²) in [6.07, 6.45) is 4.91. The summed E-state index contributed by atoms with van der Waals surface area (Å²) in [4.78, 5) is 21.7. The second-order valence-corrected chi connectivity index (χ2v) is 4.36. The zero-order chi connectivity index (χ0) is 15.2. The third kappa shape index (κ3) is 4.43. The van der Waals surface area contributed by atoms with E-state index in [0.717, 1.165) is 5.56 Å². The zero-order valence-electron chi connectivity index (χ0n) is 10.7. The Kier molecular flexibility index (Phi) is 4.68. The highest BCUT2D eigenvalue weighted by atomic mass is 32.1. The van der Waals surface area contributed by atoms with Crippen LogP contribution >= 0.6 is 12.2 Å². The number of carboxylic acids is 1. The molecule has 2 rings (SSSR count). The van der Waals surface area contributed by atoms with E-state index in [2.05, 4.69) is 5.32 Å². The lowest BCUT2D eigenvalue weighted by Crippen LogP contribution is -2.18. The molecule has 0 spiro atoms. The van der Waals surface area contributed by atoms with Crippen LogP contribution in [0.25, 0.3) is 6.08 Å². The van der Waals surface area contributed by atoms with Crippen LogP contribution < -0.4 is 10.1 Å². The van der Waals surface area contributed by atoms with Gasteiger partial charge in [-0.05, 0) is 36.0 Å². The minimum absolute atomic E-state index is 0.0413. The lowest BCUT2D eigenvalue weighted by atomic mass is 10.2. The highest BCUT2D eigenvalue weighted by Gasteiger charge is 2.21. The van der Waals surface area contributed by atoms with Gasteiger partial charge in [-0.1, -0.05) is 24.3 Å². The van der Waals surface area contributed by atoms with Gasteiger partial charge in [-0.25, -0.2) is 4.79 Å². The van der Waals surface area contributed by atoms with E-state index < -0.39 is 5.97 Å². The largest absolute Gasteiger partial charge is 0.482 e. The van der Waals surface area contributed by atoms with Gasteiger partial charge in [0.2, 0.25) is 0 Å². The molecule has 6 nitrogen and oxygen atoms in total.